The molecule has 0 N–H and O–H groups in total. The highest BCUT2D eigenvalue weighted by atomic mass is 16.5. The van der Waals surface area contributed by atoms with Crippen LogP contribution in [0.15, 0.2) is 72.8 Å². The summed E-state index contributed by atoms with van der Waals surface area (Å²) in [5.74, 6) is 1.65. The number of aryl methyl sites for hydroxylation is 1. The van der Waals surface area contributed by atoms with Crippen LogP contribution in [0.3, 0.4) is 0 Å². The molecule has 106 valence electrons. The van der Waals surface area contributed by atoms with E-state index < -0.39 is 0 Å². The van der Waals surface area contributed by atoms with Crippen LogP contribution in [0.1, 0.15) is 5.56 Å². The van der Waals surface area contributed by atoms with Gasteiger partial charge in [0.15, 0.2) is 0 Å². The predicted octanol–water partition coefficient (Wildman–Crippen LogP) is 5.49. The van der Waals surface area contributed by atoms with Gasteiger partial charge in [-0.3, -0.25) is 0 Å². The Labute approximate surface area is 129 Å². The van der Waals surface area contributed by atoms with Gasteiger partial charge < -0.3 is 4.74 Å². The Kier molecular flexibility index (Phi) is 3.01. The summed E-state index contributed by atoms with van der Waals surface area (Å²) in [6.07, 6.45) is 0. The van der Waals surface area contributed by atoms with Gasteiger partial charge in [-0.05, 0) is 48.9 Å². The van der Waals surface area contributed by atoms with Crippen molar-refractivity contribution < 1.29 is 4.74 Å². The average Bonchev–Trinajstić information content (AvgIpc) is 2.53. The van der Waals surface area contributed by atoms with Crippen LogP contribution in [0.5, 0.6) is 11.5 Å². The molecule has 22 heavy (non-hydrogen) atoms. The summed E-state index contributed by atoms with van der Waals surface area (Å²) in [4.78, 5) is 4.72. The molecule has 1 aromatic heterocycles. The largest absolute Gasteiger partial charge is 0.457 e. The molecule has 0 aliphatic carbocycles. The number of fused-ring (bicyclic) bond motifs is 2. The van der Waals surface area contributed by atoms with E-state index in [1.54, 1.807) is 0 Å². The average molecular weight is 285 g/mol. The molecule has 0 aliphatic rings. The van der Waals surface area contributed by atoms with Gasteiger partial charge >= 0.3 is 0 Å². The second kappa shape index (κ2) is 5.15. The van der Waals surface area contributed by atoms with Crippen molar-refractivity contribution >= 4 is 21.8 Å². The lowest BCUT2D eigenvalue weighted by molar-refractivity contribution is 0.483. The quantitative estimate of drug-likeness (QED) is 0.454. The second-order valence-electron chi connectivity index (χ2n) is 5.45. The van der Waals surface area contributed by atoms with E-state index in [2.05, 4.69) is 31.2 Å². The topological polar surface area (TPSA) is 22.1 Å². The van der Waals surface area contributed by atoms with Gasteiger partial charge in [0.2, 0.25) is 0 Å². The van der Waals surface area contributed by atoms with E-state index in [0.717, 1.165) is 33.3 Å². The first-order valence-electron chi connectivity index (χ1n) is 7.32. The number of nitrogens with zero attached hydrogens (tertiary/aromatic N) is 1. The molecular formula is C20H15NO. The van der Waals surface area contributed by atoms with Crippen LogP contribution in [-0.2, 0) is 0 Å². The number of rotatable bonds is 2. The van der Waals surface area contributed by atoms with Gasteiger partial charge in [-0.25, -0.2) is 4.98 Å². The zero-order valence-electron chi connectivity index (χ0n) is 12.3. The standard InChI is InChI=1S/C20H15NO/c1-14-5-4-7-17(11-14)22-18-10-9-16-12-15-6-2-3-8-19(15)21-20(16)13-18/h2-13H,1H3. The molecule has 0 saturated heterocycles. The first kappa shape index (κ1) is 12.8. The molecule has 0 amide bonds. The lowest BCUT2D eigenvalue weighted by atomic mass is 10.1. The summed E-state index contributed by atoms with van der Waals surface area (Å²) < 4.78 is 5.94. The number of benzene rings is 3. The van der Waals surface area contributed by atoms with Crippen molar-refractivity contribution in [3.05, 3.63) is 78.4 Å². The molecule has 0 radical (unpaired) electrons. The predicted molar refractivity (Wildman–Crippen MR) is 90.5 cm³/mol. The fourth-order valence-corrected chi connectivity index (χ4v) is 2.63. The molecule has 4 rings (SSSR count). The van der Waals surface area contributed by atoms with Gasteiger partial charge in [0.25, 0.3) is 0 Å². The van der Waals surface area contributed by atoms with Crippen LogP contribution in [0, 0.1) is 6.92 Å². The third kappa shape index (κ3) is 2.40. The fourth-order valence-electron chi connectivity index (χ4n) is 2.63. The minimum Gasteiger partial charge on any atom is -0.457 e. The van der Waals surface area contributed by atoms with Crippen molar-refractivity contribution in [3.63, 3.8) is 0 Å². The molecule has 0 spiro atoms. The Hall–Kier alpha value is -2.87. The zero-order valence-corrected chi connectivity index (χ0v) is 12.3. The maximum absolute atomic E-state index is 5.94. The number of pyridine rings is 1. The monoisotopic (exact) mass is 285 g/mol. The van der Waals surface area contributed by atoms with E-state index >= 15 is 0 Å². The highest BCUT2D eigenvalue weighted by molar-refractivity contribution is 5.93. The van der Waals surface area contributed by atoms with Crippen molar-refractivity contribution in [2.75, 3.05) is 0 Å². The van der Waals surface area contributed by atoms with Gasteiger partial charge in [-0.1, -0.05) is 30.3 Å². The van der Waals surface area contributed by atoms with Crippen molar-refractivity contribution in [1.29, 1.82) is 0 Å². The van der Waals surface area contributed by atoms with Gasteiger partial charge in [0, 0.05) is 16.8 Å². The van der Waals surface area contributed by atoms with Crippen LogP contribution in [0.4, 0.5) is 0 Å². The summed E-state index contributed by atoms with van der Waals surface area (Å²) in [6.45, 7) is 2.06. The van der Waals surface area contributed by atoms with E-state index in [-0.39, 0.29) is 0 Å². The molecule has 0 saturated carbocycles. The van der Waals surface area contributed by atoms with E-state index in [1.807, 2.05) is 48.5 Å². The summed E-state index contributed by atoms with van der Waals surface area (Å²) in [5.41, 5.74) is 3.13. The lowest BCUT2D eigenvalue weighted by Crippen LogP contribution is -1.87. The van der Waals surface area contributed by atoms with Crippen molar-refractivity contribution in [2.45, 2.75) is 6.92 Å². The first-order chi connectivity index (χ1) is 10.8. The van der Waals surface area contributed by atoms with E-state index in [1.165, 1.54) is 5.56 Å². The number of hydrogen-bond donors (Lipinski definition) is 0. The normalized spacial score (nSPS) is 11.0. The molecule has 4 aromatic rings. The molecule has 1 heterocycles. The third-order valence-electron chi connectivity index (χ3n) is 3.72. The Morgan fingerprint density at radius 1 is 0.682 bits per heavy atom. The molecule has 2 nitrogen and oxygen atoms in total. The highest BCUT2D eigenvalue weighted by Crippen LogP contribution is 2.27. The molecule has 2 heteroatoms. The van der Waals surface area contributed by atoms with Crippen LogP contribution in [0.25, 0.3) is 21.8 Å². The molecule has 0 bridgehead atoms. The Morgan fingerprint density at radius 2 is 1.50 bits per heavy atom. The van der Waals surface area contributed by atoms with Crippen molar-refractivity contribution in [1.82, 2.24) is 4.98 Å². The van der Waals surface area contributed by atoms with Crippen molar-refractivity contribution in [3.8, 4) is 11.5 Å². The van der Waals surface area contributed by atoms with Gasteiger partial charge in [0.05, 0.1) is 11.0 Å². The third-order valence-corrected chi connectivity index (χ3v) is 3.72. The SMILES string of the molecule is Cc1cccc(Oc2ccc3cc4ccccc4nc3c2)c1. The minimum absolute atomic E-state index is 0.806. The zero-order chi connectivity index (χ0) is 14.9. The Morgan fingerprint density at radius 3 is 2.41 bits per heavy atom. The van der Waals surface area contributed by atoms with Crippen molar-refractivity contribution in [2.24, 2.45) is 0 Å². The maximum atomic E-state index is 5.94. The Balaban J connectivity index is 1.78. The molecular weight excluding hydrogens is 270 g/mol. The highest BCUT2D eigenvalue weighted by Gasteiger charge is 2.03. The van der Waals surface area contributed by atoms with Crippen LogP contribution >= 0.6 is 0 Å². The summed E-state index contributed by atoms with van der Waals surface area (Å²) in [5, 5.41) is 2.28. The van der Waals surface area contributed by atoms with Gasteiger partial charge in [-0.15, -0.1) is 0 Å². The van der Waals surface area contributed by atoms with Crippen LogP contribution in [0.2, 0.25) is 0 Å². The number of aromatic nitrogens is 1. The number of para-hydroxylation sites is 1. The molecule has 0 aliphatic heterocycles. The molecule has 0 unspecified atom stereocenters. The van der Waals surface area contributed by atoms with Crippen LogP contribution < -0.4 is 4.74 Å². The number of ether oxygens (including phenoxy) is 1. The number of hydrogen-bond acceptors (Lipinski definition) is 2. The molecule has 0 fully saturated rings. The van der Waals surface area contributed by atoms with E-state index in [9.17, 15) is 0 Å². The van der Waals surface area contributed by atoms with E-state index in [4.69, 9.17) is 9.72 Å². The van der Waals surface area contributed by atoms with Gasteiger partial charge in [-0.2, -0.15) is 0 Å². The molecule has 3 aromatic carbocycles. The molecule has 0 atom stereocenters. The minimum atomic E-state index is 0.806. The first-order valence-corrected chi connectivity index (χ1v) is 7.32. The summed E-state index contributed by atoms with van der Waals surface area (Å²) in [7, 11) is 0. The summed E-state index contributed by atoms with van der Waals surface area (Å²) in [6, 6.07) is 24.4. The van der Waals surface area contributed by atoms with Crippen LogP contribution in [-0.4, -0.2) is 4.98 Å². The Bertz CT molecular complexity index is 975. The van der Waals surface area contributed by atoms with Gasteiger partial charge in [0.1, 0.15) is 11.5 Å². The summed E-state index contributed by atoms with van der Waals surface area (Å²) >= 11 is 0. The van der Waals surface area contributed by atoms with E-state index in [0.29, 0.717) is 0 Å². The smallest absolute Gasteiger partial charge is 0.129 e. The fraction of sp³-hybridized carbons (Fsp3) is 0.0500. The maximum Gasteiger partial charge on any atom is 0.129 e. The second-order valence-corrected chi connectivity index (χ2v) is 5.45. The lowest BCUT2D eigenvalue weighted by Gasteiger charge is -2.08.